The third-order valence-electron chi connectivity index (χ3n) is 3.57. The van der Waals surface area contributed by atoms with Crippen molar-refractivity contribution in [1.29, 1.82) is 0 Å². The number of hydrogen-bond acceptors (Lipinski definition) is 4. The van der Waals surface area contributed by atoms with Gasteiger partial charge in [0.2, 0.25) is 5.13 Å². The van der Waals surface area contributed by atoms with Gasteiger partial charge >= 0.3 is 0 Å². The molecule has 3 nitrogen and oxygen atoms in total. The molecule has 1 aromatic heterocycles. The van der Waals surface area contributed by atoms with Crippen LogP contribution in [0.2, 0.25) is 0 Å². The minimum atomic E-state index is 0.660. The summed E-state index contributed by atoms with van der Waals surface area (Å²) in [5.74, 6) is 1.50. The lowest BCUT2D eigenvalue weighted by molar-refractivity contribution is 0.483. The van der Waals surface area contributed by atoms with Crippen LogP contribution < -0.4 is 5.32 Å². The third kappa shape index (κ3) is 4.56. The summed E-state index contributed by atoms with van der Waals surface area (Å²) in [5, 5.41) is 14.1. The molecule has 102 valence electrons. The highest BCUT2D eigenvalue weighted by molar-refractivity contribution is 7.15. The van der Waals surface area contributed by atoms with E-state index in [-0.39, 0.29) is 0 Å². The van der Waals surface area contributed by atoms with E-state index in [1.54, 1.807) is 11.3 Å². The average Bonchev–Trinajstić information content (AvgIpc) is 2.61. The van der Waals surface area contributed by atoms with Gasteiger partial charge in [-0.1, -0.05) is 50.9 Å². The van der Waals surface area contributed by atoms with Gasteiger partial charge in [0.15, 0.2) is 0 Å². The van der Waals surface area contributed by atoms with Gasteiger partial charge in [-0.2, -0.15) is 0 Å². The van der Waals surface area contributed by atoms with Crippen LogP contribution in [-0.4, -0.2) is 16.7 Å². The minimum Gasteiger partial charge on any atom is -0.360 e. The van der Waals surface area contributed by atoms with Gasteiger partial charge < -0.3 is 5.32 Å². The van der Waals surface area contributed by atoms with Crippen LogP contribution >= 0.6 is 11.3 Å². The SMILES string of the molecule is CC(C)Cc1nnc(NCC2CCCCCC2)s1. The van der Waals surface area contributed by atoms with Crippen molar-refractivity contribution in [3.8, 4) is 0 Å². The fraction of sp³-hybridized carbons (Fsp3) is 0.857. The van der Waals surface area contributed by atoms with Gasteiger partial charge in [0.25, 0.3) is 0 Å². The number of nitrogens with one attached hydrogen (secondary N) is 1. The molecule has 1 saturated carbocycles. The minimum absolute atomic E-state index is 0.660. The van der Waals surface area contributed by atoms with Gasteiger partial charge in [-0.25, -0.2) is 0 Å². The number of anilines is 1. The number of hydrogen-bond donors (Lipinski definition) is 1. The smallest absolute Gasteiger partial charge is 0.205 e. The molecule has 1 aliphatic carbocycles. The van der Waals surface area contributed by atoms with E-state index in [4.69, 9.17) is 0 Å². The van der Waals surface area contributed by atoms with Crippen LogP contribution in [0.3, 0.4) is 0 Å². The molecule has 18 heavy (non-hydrogen) atoms. The monoisotopic (exact) mass is 267 g/mol. The molecule has 1 fully saturated rings. The molecule has 0 saturated heterocycles. The lowest BCUT2D eigenvalue weighted by Gasteiger charge is -2.13. The highest BCUT2D eigenvalue weighted by Crippen LogP contribution is 2.24. The molecule has 0 unspecified atom stereocenters. The zero-order valence-electron chi connectivity index (χ0n) is 11.6. The van der Waals surface area contributed by atoms with E-state index < -0.39 is 0 Å². The summed E-state index contributed by atoms with van der Waals surface area (Å²) < 4.78 is 0. The van der Waals surface area contributed by atoms with E-state index in [1.165, 1.54) is 38.5 Å². The van der Waals surface area contributed by atoms with Crippen LogP contribution in [0, 0.1) is 11.8 Å². The first-order valence-electron chi connectivity index (χ1n) is 7.30. The predicted molar refractivity (Wildman–Crippen MR) is 78.1 cm³/mol. The molecule has 0 spiro atoms. The molecule has 0 bridgehead atoms. The average molecular weight is 267 g/mol. The Morgan fingerprint density at radius 3 is 2.56 bits per heavy atom. The van der Waals surface area contributed by atoms with Crippen molar-refractivity contribution in [2.24, 2.45) is 11.8 Å². The van der Waals surface area contributed by atoms with Crippen molar-refractivity contribution >= 4 is 16.5 Å². The lowest BCUT2D eigenvalue weighted by Crippen LogP contribution is -2.13. The van der Waals surface area contributed by atoms with Crippen molar-refractivity contribution in [3.63, 3.8) is 0 Å². The molecule has 1 heterocycles. The first-order chi connectivity index (χ1) is 8.74. The van der Waals surface area contributed by atoms with E-state index in [1.807, 2.05) is 0 Å². The van der Waals surface area contributed by atoms with Crippen molar-refractivity contribution in [1.82, 2.24) is 10.2 Å². The maximum absolute atomic E-state index is 4.24. The summed E-state index contributed by atoms with van der Waals surface area (Å²) in [7, 11) is 0. The molecule has 0 aromatic carbocycles. The Morgan fingerprint density at radius 1 is 1.17 bits per heavy atom. The van der Waals surface area contributed by atoms with Crippen LogP contribution in [-0.2, 0) is 6.42 Å². The maximum atomic E-state index is 4.24. The van der Waals surface area contributed by atoms with Crippen LogP contribution in [0.4, 0.5) is 5.13 Å². The Kier molecular flexibility index (Phi) is 5.42. The summed E-state index contributed by atoms with van der Waals surface area (Å²) in [6, 6.07) is 0. The maximum Gasteiger partial charge on any atom is 0.205 e. The Morgan fingerprint density at radius 2 is 1.89 bits per heavy atom. The van der Waals surface area contributed by atoms with E-state index in [9.17, 15) is 0 Å². The van der Waals surface area contributed by atoms with Crippen LogP contribution in [0.1, 0.15) is 57.4 Å². The largest absolute Gasteiger partial charge is 0.360 e. The lowest BCUT2D eigenvalue weighted by atomic mass is 10.0. The fourth-order valence-electron chi connectivity index (χ4n) is 2.56. The Balaban J connectivity index is 1.76. The van der Waals surface area contributed by atoms with Crippen molar-refractivity contribution < 1.29 is 0 Å². The predicted octanol–water partition coefficient (Wildman–Crippen LogP) is 4.12. The van der Waals surface area contributed by atoms with E-state index in [2.05, 4.69) is 29.4 Å². The molecule has 0 atom stereocenters. The highest BCUT2D eigenvalue weighted by Gasteiger charge is 2.13. The molecule has 0 radical (unpaired) electrons. The number of rotatable bonds is 5. The second-order valence-electron chi connectivity index (χ2n) is 5.84. The van der Waals surface area contributed by atoms with Gasteiger partial charge in [-0.15, -0.1) is 10.2 Å². The Hall–Kier alpha value is -0.640. The summed E-state index contributed by atoms with van der Waals surface area (Å²) >= 11 is 1.72. The number of aromatic nitrogens is 2. The van der Waals surface area contributed by atoms with Crippen LogP contribution in [0.15, 0.2) is 0 Å². The first-order valence-corrected chi connectivity index (χ1v) is 8.12. The Bertz CT molecular complexity index is 341. The van der Waals surface area contributed by atoms with Crippen molar-refractivity contribution in [2.75, 3.05) is 11.9 Å². The molecule has 1 aromatic rings. The summed E-state index contributed by atoms with van der Waals surface area (Å²) in [6.45, 7) is 5.52. The summed E-state index contributed by atoms with van der Waals surface area (Å²) in [5.41, 5.74) is 0. The molecular formula is C14H25N3S. The van der Waals surface area contributed by atoms with E-state index >= 15 is 0 Å². The summed E-state index contributed by atoms with van der Waals surface area (Å²) in [6.07, 6.45) is 9.46. The molecule has 1 N–H and O–H groups in total. The van der Waals surface area contributed by atoms with Crippen LogP contribution in [0.25, 0.3) is 0 Å². The third-order valence-corrected chi connectivity index (χ3v) is 4.47. The molecule has 0 aliphatic heterocycles. The first kappa shape index (κ1) is 13.8. The van der Waals surface area contributed by atoms with Gasteiger partial charge in [-0.05, 0) is 24.7 Å². The quantitative estimate of drug-likeness (QED) is 0.816. The standard InChI is InChI=1S/C14H25N3S/c1-11(2)9-13-16-17-14(18-13)15-10-12-7-5-3-4-6-8-12/h11-12H,3-10H2,1-2H3,(H,15,17). The van der Waals surface area contributed by atoms with Crippen LogP contribution in [0.5, 0.6) is 0 Å². The van der Waals surface area contributed by atoms with Crippen molar-refractivity contribution in [2.45, 2.75) is 58.8 Å². The highest BCUT2D eigenvalue weighted by atomic mass is 32.1. The summed E-state index contributed by atoms with van der Waals surface area (Å²) in [4.78, 5) is 0. The van der Waals surface area contributed by atoms with E-state index in [0.717, 1.165) is 29.0 Å². The second-order valence-corrected chi connectivity index (χ2v) is 6.90. The molecular weight excluding hydrogens is 242 g/mol. The van der Waals surface area contributed by atoms with Gasteiger partial charge in [0, 0.05) is 13.0 Å². The topological polar surface area (TPSA) is 37.8 Å². The van der Waals surface area contributed by atoms with Gasteiger partial charge in [0.05, 0.1) is 0 Å². The zero-order chi connectivity index (χ0) is 12.8. The van der Waals surface area contributed by atoms with Crippen molar-refractivity contribution in [3.05, 3.63) is 5.01 Å². The molecule has 0 amide bonds. The second kappa shape index (κ2) is 7.07. The van der Waals surface area contributed by atoms with Gasteiger partial charge in [-0.3, -0.25) is 0 Å². The normalized spacial score (nSPS) is 17.9. The zero-order valence-corrected chi connectivity index (χ0v) is 12.4. The van der Waals surface area contributed by atoms with E-state index in [0.29, 0.717) is 5.92 Å². The number of nitrogens with zero attached hydrogens (tertiary/aromatic N) is 2. The molecule has 1 aliphatic rings. The molecule has 2 rings (SSSR count). The fourth-order valence-corrected chi connectivity index (χ4v) is 3.52. The van der Waals surface area contributed by atoms with Gasteiger partial charge in [0.1, 0.15) is 5.01 Å². The Labute approximate surface area is 114 Å². The molecule has 4 heteroatoms.